The maximum atomic E-state index is 11.9. The lowest BCUT2D eigenvalue weighted by Crippen LogP contribution is -2.31. The monoisotopic (exact) mass is 294 g/mol. The first-order valence-corrected chi connectivity index (χ1v) is 7.12. The van der Waals surface area contributed by atoms with E-state index in [0.29, 0.717) is 18.1 Å². The minimum Gasteiger partial charge on any atom is -0.370 e. The molecular weight excluding hydrogens is 268 g/mol. The third-order valence-electron chi connectivity index (χ3n) is 2.83. The number of amides is 1. The molecule has 0 aliphatic rings. The van der Waals surface area contributed by atoms with Crippen molar-refractivity contribution in [1.29, 1.82) is 0 Å². The fourth-order valence-electron chi connectivity index (χ4n) is 1.67. The fraction of sp³-hybridized carbons (Fsp3) is 0.643. The number of carbonyl (C=O) groups excluding carboxylic acids is 1. The summed E-state index contributed by atoms with van der Waals surface area (Å²) in [6, 6.07) is 1.68. The third-order valence-corrected chi connectivity index (χ3v) is 2.83. The topological polar surface area (TPSA) is 73.4 Å². The van der Waals surface area contributed by atoms with Crippen molar-refractivity contribution in [2.24, 2.45) is 0 Å². The van der Waals surface area contributed by atoms with E-state index in [0.717, 1.165) is 26.1 Å². The van der Waals surface area contributed by atoms with E-state index < -0.39 is 0 Å². The van der Waals surface area contributed by atoms with Gasteiger partial charge in [-0.3, -0.25) is 4.79 Å². The van der Waals surface area contributed by atoms with Gasteiger partial charge in [-0.15, -0.1) is 0 Å². The van der Waals surface area contributed by atoms with Gasteiger partial charge in [0.25, 0.3) is 5.91 Å². The number of rotatable bonds is 9. The van der Waals surface area contributed by atoms with Gasteiger partial charge in [-0.2, -0.15) is 0 Å². The summed E-state index contributed by atoms with van der Waals surface area (Å²) in [4.78, 5) is 24.2. The molecule has 0 radical (unpaired) electrons. The molecule has 0 saturated carbocycles. The Morgan fingerprint density at radius 2 is 1.81 bits per heavy atom. The van der Waals surface area contributed by atoms with Crippen molar-refractivity contribution >= 4 is 11.7 Å². The van der Waals surface area contributed by atoms with E-state index in [4.69, 9.17) is 0 Å². The van der Waals surface area contributed by atoms with Crippen LogP contribution in [0.4, 0.5) is 5.82 Å². The van der Waals surface area contributed by atoms with Crippen LogP contribution in [0.25, 0.3) is 0 Å². The molecule has 0 bridgehead atoms. The molecule has 0 spiro atoms. The Kier molecular flexibility index (Phi) is 7.63. The Labute approximate surface area is 126 Å². The molecule has 2 N–H and O–H groups in total. The molecule has 1 heterocycles. The quantitative estimate of drug-likeness (QED) is 0.631. The Morgan fingerprint density at radius 1 is 1.10 bits per heavy atom. The van der Waals surface area contributed by atoms with Gasteiger partial charge < -0.3 is 20.4 Å². The van der Waals surface area contributed by atoms with Crippen LogP contribution in [-0.2, 0) is 0 Å². The summed E-state index contributed by atoms with van der Waals surface area (Å²) >= 11 is 0. The molecule has 0 aliphatic heterocycles. The molecule has 1 aromatic heterocycles. The van der Waals surface area contributed by atoms with Gasteiger partial charge in [-0.25, -0.2) is 9.97 Å². The largest absolute Gasteiger partial charge is 0.370 e. The second-order valence-electron chi connectivity index (χ2n) is 5.43. The number of hydrogen-bond donors (Lipinski definition) is 2. The van der Waals surface area contributed by atoms with Crippen molar-refractivity contribution in [2.45, 2.75) is 6.42 Å². The number of anilines is 1. The summed E-state index contributed by atoms with van der Waals surface area (Å²) in [7, 11) is 8.01. The summed E-state index contributed by atoms with van der Waals surface area (Å²) in [6.45, 7) is 3.22. The van der Waals surface area contributed by atoms with E-state index in [1.807, 2.05) is 33.1 Å². The summed E-state index contributed by atoms with van der Waals surface area (Å²) in [5.41, 5.74) is 0.388. The van der Waals surface area contributed by atoms with Crippen LogP contribution in [0.1, 0.15) is 16.9 Å². The van der Waals surface area contributed by atoms with Gasteiger partial charge in [0.2, 0.25) is 0 Å². The summed E-state index contributed by atoms with van der Waals surface area (Å²) < 4.78 is 0. The first-order valence-electron chi connectivity index (χ1n) is 7.12. The van der Waals surface area contributed by atoms with Crippen LogP contribution in [0.5, 0.6) is 0 Å². The molecule has 21 heavy (non-hydrogen) atoms. The van der Waals surface area contributed by atoms with E-state index in [2.05, 4.69) is 25.5 Å². The normalized spacial score (nSPS) is 11.0. The van der Waals surface area contributed by atoms with Gasteiger partial charge in [0.15, 0.2) is 0 Å². The van der Waals surface area contributed by atoms with Crippen LogP contribution in [0.3, 0.4) is 0 Å². The second kappa shape index (κ2) is 9.25. The van der Waals surface area contributed by atoms with Crippen LogP contribution in [0.15, 0.2) is 12.4 Å². The minimum atomic E-state index is -0.171. The first kappa shape index (κ1) is 17.3. The molecule has 118 valence electrons. The van der Waals surface area contributed by atoms with Crippen molar-refractivity contribution in [2.75, 3.05) is 59.7 Å². The number of carbonyl (C=O) groups is 1. The van der Waals surface area contributed by atoms with Crippen LogP contribution < -0.4 is 10.6 Å². The SMILES string of the molecule is CN(C)CCCNc1cc(C(=O)NCCN(C)C)ncn1. The lowest BCUT2D eigenvalue weighted by Gasteiger charge is -2.11. The Morgan fingerprint density at radius 3 is 2.48 bits per heavy atom. The predicted molar refractivity (Wildman–Crippen MR) is 84.6 cm³/mol. The Bertz CT molecular complexity index is 435. The van der Waals surface area contributed by atoms with Gasteiger partial charge in [0.1, 0.15) is 17.8 Å². The number of hydrogen-bond acceptors (Lipinski definition) is 6. The van der Waals surface area contributed by atoms with E-state index in [1.165, 1.54) is 6.33 Å². The van der Waals surface area contributed by atoms with E-state index >= 15 is 0 Å². The maximum Gasteiger partial charge on any atom is 0.270 e. The highest BCUT2D eigenvalue weighted by molar-refractivity contribution is 5.92. The lowest BCUT2D eigenvalue weighted by atomic mass is 10.3. The zero-order chi connectivity index (χ0) is 15.7. The molecule has 0 aromatic carbocycles. The summed E-state index contributed by atoms with van der Waals surface area (Å²) in [6.07, 6.45) is 2.43. The average molecular weight is 294 g/mol. The molecule has 1 rings (SSSR count). The van der Waals surface area contributed by atoms with Crippen molar-refractivity contribution < 1.29 is 4.79 Å². The van der Waals surface area contributed by atoms with Crippen molar-refractivity contribution in [3.63, 3.8) is 0 Å². The molecule has 1 amide bonds. The van der Waals surface area contributed by atoms with E-state index in [9.17, 15) is 4.79 Å². The highest BCUT2D eigenvalue weighted by Crippen LogP contribution is 2.04. The number of likely N-dealkylation sites (N-methyl/N-ethyl adjacent to an activating group) is 1. The molecule has 0 aliphatic carbocycles. The van der Waals surface area contributed by atoms with Crippen molar-refractivity contribution in [3.8, 4) is 0 Å². The average Bonchev–Trinajstić information content (AvgIpc) is 2.43. The third kappa shape index (κ3) is 7.57. The molecule has 0 atom stereocenters. The molecular formula is C14H26N6O. The summed E-state index contributed by atoms with van der Waals surface area (Å²) in [5.74, 6) is 0.511. The number of nitrogens with one attached hydrogen (secondary N) is 2. The molecule has 0 fully saturated rings. The second-order valence-corrected chi connectivity index (χ2v) is 5.43. The van der Waals surface area contributed by atoms with E-state index in [1.54, 1.807) is 6.07 Å². The fourth-order valence-corrected chi connectivity index (χ4v) is 1.67. The molecule has 0 saturated heterocycles. The van der Waals surface area contributed by atoms with Gasteiger partial charge in [-0.1, -0.05) is 0 Å². The number of aromatic nitrogens is 2. The van der Waals surface area contributed by atoms with Gasteiger partial charge in [-0.05, 0) is 41.2 Å². The first-order chi connectivity index (χ1) is 9.99. The predicted octanol–water partition coefficient (Wildman–Crippen LogP) is 0.132. The Hall–Kier alpha value is -1.73. The number of nitrogens with zero attached hydrogens (tertiary/aromatic N) is 4. The molecule has 0 unspecified atom stereocenters. The zero-order valence-corrected chi connectivity index (χ0v) is 13.4. The highest BCUT2D eigenvalue weighted by atomic mass is 16.1. The van der Waals surface area contributed by atoms with Crippen LogP contribution in [0, 0.1) is 0 Å². The minimum absolute atomic E-state index is 0.171. The molecule has 7 heteroatoms. The van der Waals surface area contributed by atoms with E-state index in [-0.39, 0.29) is 5.91 Å². The van der Waals surface area contributed by atoms with Crippen LogP contribution >= 0.6 is 0 Å². The smallest absolute Gasteiger partial charge is 0.270 e. The van der Waals surface area contributed by atoms with Gasteiger partial charge in [0, 0.05) is 25.7 Å². The molecule has 7 nitrogen and oxygen atoms in total. The van der Waals surface area contributed by atoms with Gasteiger partial charge in [0.05, 0.1) is 0 Å². The molecule has 1 aromatic rings. The Balaban J connectivity index is 2.42. The summed E-state index contributed by atoms with van der Waals surface area (Å²) in [5, 5.41) is 6.04. The van der Waals surface area contributed by atoms with Crippen LogP contribution in [0.2, 0.25) is 0 Å². The van der Waals surface area contributed by atoms with Crippen molar-refractivity contribution in [3.05, 3.63) is 18.1 Å². The standard InChI is InChI=1S/C14H26N6O/c1-19(2)8-5-6-15-13-10-12(17-11-18-13)14(21)16-7-9-20(3)4/h10-11H,5-9H2,1-4H3,(H,16,21)(H,15,17,18). The maximum absolute atomic E-state index is 11.9. The zero-order valence-electron chi connectivity index (χ0n) is 13.4. The van der Waals surface area contributed by atoms with Crippen LogP contribution in [-0.4, -0.2) is 80.0 Å². The van der Waals surface area contributed by atoms with Gasteiger partial charge >= 0.3 is 0 Å². The lowest BCUT2D eigenvalue weighted by molar-refractivity contribution is 0.0946. The highest BCUT2D eigenvalue weighted by Gasteiger charge is 2.08. The van der Waals surface area contributed by atoms with Crippen molar-refractivity contribution in [1.82, 2.24) is 25.1 Å².